The molecule has 4 heterocycles. The molecular weight excluding hydrogens is 491 g/mol. The molecule has 2 aromatic heterocycles. The second-order valence-corrected chi connectivity index (χ2v) is 9.05. The number of amides is 1. The number of anilines is 2. The maximum absolute atomic E-state index is 13.3. The molecule has 1 amide bonds. The van der Waals surface area contributed by atoms with E-state index < -0.39 is 11.4 Å². The lowest BCUT2D eigenvalue weighted by Crippen LogP contribution is -2.40. The number of rotatable bonds is 4. The van der Waals surface area contributed by atoms with Gasteiger partial charge in [0.1, 0.15) is 11.2 Å². The van der Waals surface area contributed by atoms with Gasteiger partial charge in [0.25, 0.3) is 5.91 Å². The lowest BCUT2D eigenvalue weighted by atomic mass is 9.81. The Hall–Kier alpha value is -3.75. The summed E-state index contributed by atoms with van der Waals surface area (Å²) in [4.78, 5) is 35.2. The van der Waals surface area contributed by atoms with Gasteiger partial charge < -0.3 is 16.0 Å². The Kier molecular flexibility index (Phi) is 6.86. The Morgan fingerprint density at radius 2 is 2.03 bits per heavy atom. The van der Waals surface area contributed by atoms with E-state index in [1.165, 1.54) is 24.0 Å². The third kappa shape index (κ3) is 4.76. The van der Waals surface area contributed by atoms with Crippen LogP contribution in [0.2, 0.25) is 0 Å². The van der Waals surface area contributed by atoms with E-state index in [0.717, 1.165) is 23.7 Å². The van der Waals surface area contributed by atoms with Gasteiger partial charge in [-0.2, -0.15) is 0 Å². The molecule has 5 rings (SSSR count). The van der Waals surface area contributed by atoms with Crippen LogP contribution in [-0.2, 0) is 5.54 Å². The molecule has 0 bridgehead atoms. The third-order valence-electron chi connectivity index (χ3n) is 5.91. The highest BCUT2D eigenvalue weighted by Crippen LogP contribution is 2.46. The van der Waals surface area contributed by atoms with Crippen molar-refractivity contribution in [3.63, 3.8) is 0 Å². The number of aliphatic imine (C=N–C) groups is 1. The largest absolute Gasteiger partial charge is 0.379 e. The number of carbonyl (C=O) groups is 1. The lowest BCUT2D eigenvalue weighted by Gasteiger charge is -2.34. The molecule has 3 aromatic rings. The standard InChI is InChI=1S/C23H19FN8OS.ClH/c1-26-18-5-6-19(27-10-18)20(33)30-17-4-2-3-14(7-17)23-13-32(22-28-8-16(24)9-29-22)11-15(23)12-34-21(25)31-23;/h2-10,15H,11-13H2,(H2,25,31)(H,30,33);1H/t15-,23+;/m0./s1. The number of hydrogen-bond acceptors (Lipinski definition) is 8. The maximum atomic E-state index is 13.3. The number of fused-ring (bicyclic) bond motifs is 1. The molecule has 1 aromatic carbocycles. The van der Waals surface area contributed by atoms with Crippen LogP contribution in [0, 0.1) is 18.3 Å². The first-order valence-corrected chi connectivity index (χ1v) is 11.4. The van der Waals surface area contributed by atoms with E-state index >= 15 is 0 Å². The van der Waals surface area contributed by atoms with Gasteiger partial charge in [-0.3, -0.25) is 9.78 Å². The van der Waals surface area contributed by atoms with Crippen molar-refractivity contribution in [2.24, 2.45) is 16.6 Å². The summed E-state index contributed by atoms with van der Waals surface area (Å²) in [6.07, 6.45) is 3.67. The average molecular weight is 511 g/mol. The van der Waals surface area contributed by atoms with E-state index in [1.807, 2.05) is 23.1 Å². The molecule has 0 unspecified atom stereocenters. The average Bonchev–Trinajstić information content (AvgIpc) is 3.24. The molecule has 12 heteroatoms. The van der Waals surface area contributed by atoms with E-state index in [1.54, 1.807) is 12.1 Å². The molecule has 0 aliphatic carbocycles. The third-order valence-corrected chi connectivity index (χ3v) is 6.87. The van der Waals surface area contributed by atoms with Crippen molar-refractivity contribution in [1.82, 2.24) is 15.0 Å². The minimum Gasteiger partial charge on any atom is -0.379 e. The Bertz CT molecular complexity index is 1310. The van der Waals surface area contributed by atoms with Gasteiger partial charge in [-0.05, 0) is 23.8 Å². The first-order chi connectivity index (χ1) is 16.5. The molecule has 1 saturated heterocycles. The molecule has 9 nitrogen and oxygen atoms in total. The van der Waals surface area contributed by atoms with E-state index in [0.29, 0.717) is 35.6 Å². The van der Waals surface area contributed by atoms with Gasteiger partial charge in [0, 0.05) is 30.1 Å². The van der Waals surface area contributed by atoms with E-state index in [2.05, 4.69) is 25.1 Å². The maximum Gasteiger partial charge on any atom is 0.274 e. The zero-order chi connectivity index (χ0) is 23.7. The lowest BCUT2D eigenvalue weighted by molar-refractivity contribution is 0.102. The summed E-state index contributed by atoms with van der Waals surface area (Å²) >= 11 is 1.50. The molecule has 2 aliphatic heterocycles. The van der Waals surface area contributed by atoms with Crippen LogP contribution in [0.4, 0.5) is 21.7 Å². The summed E-state index contributed by atoms with van der Waals surface area (Å²) in [5.41, 5.74) is 7.58. The first-order valence-electron chi connectivity index (χ1n) is 10.4. The van der Waals surface area contributed by atoms with Crippen molar-refractivity contribution in [3.8, 4) is 0 Å². The monoisotopic (exact) mass is 510 g/mol. The van der Waals surface area contributed by atoms with Crippen LogP contribution in [0.5, 0.6) is 0 Å². The summed E-state index contributed by atoms with van der Waals surface area (Å²) in [5.74, 6) is 0.452. The zero-order valence-corrected chi connectivity index (χ0v) is 19.9. The number of hydrogen-bond donors (Lipinski definition) is 2. The van der Waals surface area contributed by atoms with Crippen LogP contribution in [0.25, 0.3) is 4.85 Å². The van der Waals surface area contributed by atoms with Gasteiger partial charge in [0.2, 0.25) is 11.6 Å². The Balaban J connectivity index is 0.00000289. The normalized spacial score (nSPS) is 20.7. The van der Waals surface area contributed by atoms with Crippen molar-refractivity contribution < 1.29 is 9.18 Å². The highest BCUT2D eigenvalue weighted by Gasteiger charge is 2.50. The minimum atomic E-state index is -0.649. The molecule has 0 radical (unpaired) electrons. The minimum absolute atomic E-state index is 0. The van der Waals surface area contributed by atoms with Gasteiger partial charge in [-0.1, -0.05) is 30.0 Å². The fraction of sp³-hybridized carbons (Fsp3) is 0.217. The topological polar surface area (TPSA) is 114 Å². The first kappa shape index (κ1) is 24.4. The van der Waals surface area contributed by atoms with Gasteiger partial charge in [0.05, 0.1) is 25.5 Å². The van der Waals surface area contributed by atoms with Gasteiger partial charge >= 0.3 is 0 Å². The number of halogens is 2. The van der Waals surface area contributed by atoms with E-state index in [9.17, 15) is 9.18 Å². The number of benzene rings is 1. The number of carbonyl (C=O) groups excluding carboxylic acids is 1. The highest BCUT2D eigenvalue weighted by atomic mass is 35.5. The molecular formula is C23H20ClFN8OS. The molecule has 35 heavy (non-hydrogen) atoms. The Morgan fingerprint density at radius 3 is 2.74 bits per heavy atom. The van der Waals surface area contributed by atoms with Crippen molar-refractivity contribution in [3.05, 3.63) is 83.5 Å². The molecule has 3 N–H and O–H groups in total. The van der Waals surface area contributed by atoms with Crippen LogP contribution in [0.3, 0.4) is 0 Å². The predicted octanol–water partition coefficient (Wildman–Crippen LogP) is 3.63. The van der Waals surface area contributed by atoms with Crippen LogP contribution in [0.15, 0.2) is 60.0 Å². The van der Waals surface area contributed by atoms with Crippen LogP contribution in [0.1, 0.15) is 16.1 Å². The Labute approximate surface area is 211 Å². The van der Waals surface area contributed by atoms with Crippen molar-refractivity contribution in [2.75, 3.05) is 29.1 Å². The Morgan fingerprint density at radius 1 is 1.23 bits per heavy atom. The molecule has 0 spiro atoms. The van der Waals surface area contributed by atoms with Crippen LogP contribution < -0.4 is 16.0 Å². The summed E-state index contributed by atoms with van der Waals surface area (Å²) in [7, 11) is 0. The van der Waals surface area contributed by atoms with Crippen molar-refractivity contribution >= 4 is 52.6 Å². The SMILES string of the molecule is Cl.[C-]#[N+]c1ccc(C(=O)Nc2cccc([C@]34CN(c5ncc(F)cn5)C[C@H]3CSC(N)=N4)c2)nc1. The van der Waals surface area contributed by atoms with Crippen molar-refractivity contribution in [1.29, 1.82) is 0 Å². The smallest absolute Gasteiger partial charge is 0.274 e. The van der Waals surface area contributed by atoms with Crippen molar-refractivity contribution in [2.45, 2.75) is 5.54 Å². The van der Waals surface area contributed by atoms with Gasteiger partial charge in [-0.25, -0.2) is 24.2 Å². The van der Waals surface area contributed by atoms with Gasteiger partial charge in [0.15, 0.2) is 11.0 Å². The second-order valence-electron chi connectivity index (χ2n) is 8.01. The number of nitrogens with zero attached hydrogens (tertiary/aromatic N) is 6. The second kappa shape index (κ2) is 9.85. The molecule has 2 aliphatic rings. The van der Waals surface area contributed by atoms with Gasteiger partial charge in [-0.15, -0.1) is 12.4 Å². The number of aromatic nitrogens is 3. The highest BCUT2D eigenvalue weighted by molar-refractivity contribution is 8.13. The number of pyridine rings is 1. The fourth-order valence-corrected chi connectivity index (χ4v) is 5.27. The predicted molar refractivity (Wildman–Crippen MR) is 136 cm³/mol. The number of nitrogens with two attached hydrogens (primary N) is 1. The zero-order valence-electron chi connectivity index (χ0n) is 18.3. The van der Waals surface area contributed by atoms with E-state index in [4.69, 9.17) is 17.3 Å². The summed E-state index contributed by atoms with van der Waals surface area (Å²) in [5, 5.41) is 3.37. The molecule has 0 saturated carbocycles. The molecule has 2 atom stereocenters. The van der Waals surface area contributed by atoms with Crippen LogP contribution in [-0.4, -0.2) is 44.9 Å². The van der Waals surface area contributed by atoms with Crippen LogP contribution >= 0.6 is 24.2 Å². The molecule has 178 valence electrons. The summed E-state index contributed by atoms with van der Waals surface area (Å²) in [6, 6.07) is 10.6. The summed E-state index contributed by atoms with van der Waals surface area (Å²) < 4.78 is 13.3. The number of amidine groups is 1. The molecule has 1 fully saturated rings. The fourth-order valence-electron chi connectivity index (χ4n) is 4.29. The number of nitrogens with one attached hydrogen (secondary N) is 1. The quantitative estimate of drug-likeness (QED) is 0.515. The summed E-state index contributed by atoms with van der Waals surface area (Å²) in [6.45, 7) is 8.12. The van der Waals surface area contributed by atoms with E-state index in [-0.39, 0.29) is 29.9 Å². The number of thioether (sulfide) groups is 1.